The van der Waals surface area contributed by atoms with Crippen molar-refractivity contribution in [2.45, 2.75) is 31.6 Å². The quantitative estimate of drug-likeness (QED) is 0.511. The summed E-state index contributed by atoms with van der Waals surface area (Å²) in [4.78, 5) is 29.2. The minimum Gasteiger partial charge on any atom is -0.362 e. The van der Waals surface area contributed by atoms with Gasteiger partial charge in [0.15, 0.2) is 0 Å². The number of urea groups is 1. The third-order valence-electron chi connectivity index (χ3n) is 6.35. The Morgan fingerprint density at radius 1 is 0.941 bits per heavy atom. The normalized spacial score (nSPS) is 16.6. The molecule has 10 nitrogen and oxygen atoms in total. The molecule has 0 atom stereocenters. The maximum absolute atomic E-state index is 12.9. The molecule has 2 aliphatic rings. The number of benzene rings is 2. The highest BCUT2D eigenvalue weighted by Crippen LogP contribution is 2.32. The molecule has 0 spiro atoms. The highest BCUT2D eigenvalue weighted by Gasteiger charge is 2.30. The molecular formula is C23H29N5O5S. The van der Waals surface area contributed by atoms with Crippen LogP contribution in [0.15, 0.2) is 41.3 Å². The van der Waals surface area contributed by atoms with Gasteiger partial charge in [0.25, 0.3) is 15.7 Å². The highest BCUT2D eigenvalue weighted by atomic mass is 32.2. The Morgan fingerprint density at radius 2 is 1.59 bits per heavy atom. The van der Waals surface area contributed by atoms with Crippen molar-refractivity contribution in [1.29, 1.82) is 0 Å². The smallest absolute Gasteiger partial charge is 0.320 e. The molecule has 0 bridgehead atoms. The first-order chi connectivity index (χ1) is 16.2. The van der Waals surface area contributed by atoms with Gasteiger partial charge in [-0.1, -0.05) is 17.7 Å². The molecule has 1 N–H and O–H groups in total. The van der Waals surface area contributed by atoms with E-state index in [9.17, 15) is 23.3 Å². The maximum atomic E-state index is 12.9. The number of piperazine rings is 1. The third kappa shape index (κ3) is 4.93. The van der Waals surface area contributed by atoms with Crippen LogP contribution >= 0.6 is 0 Å². The topological polar surface area (TPSA) is 116 Å². The average molecular weight is 488 g/mol. The molecule has 34 heavy (non-hydrogen) atoms. The Kier molecular flexibility index (Phi) is 6.65. The molecule has 0 aromatic heterocycles. The predicted octanol–water partition coefficient (Wildman–Crippen LogP) is 3.35. The number of hydrogen-bond donors (Lipinski definition) is 1. The summed E-state index contributed by atoms with van der Waals surface area (Å²) in [6.07, 6.45) is 2.04. The highest BCUT2D eigenvalue weighted by molar-refractivity contribution is 7.92. The largest absolute Gasteiger partial charge is 0.362 e. The second kappa shape index (κ2) is 9.49. The number of sulfonamides is 1. The van der Waals surface area contributed by atoms with Crippen molar-refractivity contribution >= 4 is 33.1 Å². The van der Waals surface area contributed by atoms with Crippen LogP contribution in [0.5, 0.6) is 0 Å². The van der Waals surface area contributed by atoms with E-state index in [0.717, 1.165) is 43.1 Å². The summed E-state index contributed by atoms with van der Waals surface area (Å²) >= 11 is 0. The minimum atomic E-state index is -4.01. The number of anilines is 2. The standard InChI is InChI=1S/C23H29N5O5S/c1-17-5-7-20(18(2)15-17)24-34(32,33)19-6-8-21(22(16-19)28(30)31)25-11-13-27(14-12-25)23(29)26-9-3-4-10-26/h5-8,15-16,24H,3-4,9-14H2,1-2H3. The lowest BCUT2D eigenvalue weighted by molar-refractivity contribution is -0.384. The number of amides is 2. The van der Waals surface area contributed by atoms with Gasteiger partial charge in [0, 0.05) is 45.3 Å². The third-order valence-corrected chi connectivity index (χ3v) is 7.71. The molecule has 2 aromatic carbocycles. The van der Waals surface area contributed by atoms with Gasteiger partial charge in [-0.05, 0) is 50.5 Å². The van der Waals surface area contributed by atoms with Gasteiger partial charge in [0.05, 0.1) is 15.5 Å². The van der Waals surface area contributed by atoms with Gasteiger partial charge in [-0.25, -0.2) is 13.2 Å². The zero-order valence-electron chi connectivity index (χ0n) is 19.4. The van der Waals surface area contributed by atoms with E-state index in [-0.39, 0.29) is 16.6 Å². The second-order valence-corrected chi connectivity index (χ2v) is 10.5. The fourth-order valence-electron chi connectivity index (χ4n) is 4.46. The lowest BCUT2D eigenvalue weighted by Crippen LogP contribution is -2.52. The first-order valence-corrected chi connectivity index (χ1v) is 12.8. The summed E-state index contributed by atoms with van der Waals surface area (Å²) in [6.45, 7) is 7.05. The van der Waals surface area contributed by atoms with Gasteiger partial charge in [0.2, 0.25) is 0 Å². The molecular weight excluding hydrogens is 458 g/mol. The van der Waals surface area contributed by atoms with Crippen molar-refractivity contribution in [2.75, 3.05) is 48.9 Å². The molecule has 182 valence electrons. The van der Waals surface area contributed by atoms with Crippen molar-refractivity contribution in [3.05, 3.63) is 57.6 Å². The Bertz CT molecular complexity index is 1200. The number of rotatable bonds is 5. The summed E-state index contributed by atoms with van der Waals surface area (Å²) < 4.78 is 28.4. The number of carbonyl (C=O) groups excluding carboxylic acids is 1. The second-order valence-electron chi connectivity index (χ2n) is 8.78. The van der Waals surface area contributed by atoms with Gasteiger partial charge >= 0.3 is 6.03 Å². The van der Waals surface area contributed by atoms with Crippen LogP contribution < -0.4 is 9.62 Å². The van der Waals surface area contributed by atoms with Gasteiger partial charge in [-0.3, -0.25) is 14.8 Å². The average Bonchev–Trinajstić information content (AvgIpc) is 3.35. The van der Waals surface area contributed by atoms with Crippen molar-refractivity contribution < 1.29 is 18.1 Å². The maximum Gasteiger partial charge on any atom is 0.320 e. The molecule has 2 aromatic rings. The number of hydrogen-bond acceptors (Lipinski definition) is 6. The van der Waals surface area contributed by atoms with Crippen LogP contribution in [-0.2, 0) is 10.0 Å². The minimum absolute atomic E-state index is 0.0190. The zero-order chi connectivity index (χ0) is 24.5. The number of nitro groups is 1. The van der Waals surface area contributed by atoms with E-state index in [1.807, 2.05) is 22.8 Å². The van der Waals surface area contributed by atoms with Crippen molar-refractivity contribution in [1.82, 2.24) is 9.80 Å². The Hall–Kier alpha value is -3.34. The van der Waals surface area contributed by atoms with Gasteiger partial charge < -0.3 is 14.7 Å². The van der Waals surface area contributed by atoms with Crippen LogP contribution in [0, 0.1) is 24.0 Å². The summed E-state index contributed by atoms with van der Waals surface area (Å²) in [7, 11) is -4.01. The van der Waals surface area contributed by atoms with E-state index >= 15 is 0 Å². The molecule has 0 radical (unpaired) electrons. The van der Waals surface area contributed by atoms with Crippen LogP contribution in [0.4, 0.5) is 21.9 Å². The molecule has 0 saturated carbocycles. The van der Waals surface area contributed by atoms with Crippen LogP contribution in [0.3, 0.4) is 0 Å². The van der Waals surface area contributed by atoms with Gasteiger partial charge in [-0.2, -0.15) is 0 Å². The number of nitro benzene ring substituents is 1. The van der Waals surface area contributed by atoms with E-state index in [4.69, 9.17) is 0 Å². The molecule has 11 heteroatoms. The van der Waals surface area contributed by atoms with E-state index in [0.29, 0.717) is 37.6 Å². The Morgan fingerprint density at radius 3 is 2.21 bits per heavy atom. The van der Waals surface area contributed by atoms with Crippen molar-refractivity contribution in [3.63, 3.8) is 0 Å². The molecule has 0 unspecified atom stereocenters. The molecule has 0 aliphatic carbocycles. The molecule has 2 fully saturated rings. The van der Waals surface area contributed by atoms with Gasteiger partial charge in [-0.15, -0.1) is 0 Å². The Balaban J connectivity index is 1.51. The van der Waals surface area contributed by atoms with Crippen LogP contribution in [0.2, 0.25) is 0 Å². The van der Waals surface area contributed by atoms with Gasteiger partial charge in [0.1, 0.15) is 5.69 Å². The van der Waals surface area contributed by atoms with E-state index in [1.54, 1.807) is 24.0 Å². The lowest BCUT2D eigenvalue weighted by Gasteiger charge is -2.37. The number of carbonyl (C=O) groups is 1. The van der Waals surface area contributed by atoms with Crippen LogP contribution in [0.25, 0.3) is 0 Å². The summed E-state index contributed by atoms with van der Waals surface area (Å²) in [5.74, 6) is 0. The summed E-state index contributed by atoms with van der Waals surface area (Å²) in [5, 5.41) is 11.8. The molecule has 2 amide bonds. The summed E-state index contributed by atoms with van der Waals surface area (Å²) in [6, 6.07) is 9.31. The van der Waals surface area contributed by atoms with Crippen LogP contribution in [-0.4, -0.2) is 68.4 Å². The first kappa shape index (κ1) is 23.8. The van der Waals surface area contributed by atoms with E-state index in [2.05, 4.69) is 4.72 Å². The summed E-state index contributed by atoms with van der Waals surface area (Å²) in [5.41, 5.74) is 2.27. The van der Waals surface area contributed by atoms with Crippen molar-refractivity contribution in [2.24, 2.45) is 0 Å². The first-order valence-electron chi connectivity index (χ1n) is 11.3. The molecule has 2 heterocycles. The predicted molar refractivity (Wildman–Crippen MR) is 130 cm³/mol. The van der Waals surface area contributed by atoms with Crippen molar-refractivity contribution in [3.8, 4) is 0 Å². The number of aryl methyl sites for hydroxylation is 2. The monoisotopic (exact) mass is 487 g/mol. The lowest BCUT2D eigenvalue weighted by atomic mass is 10.1. The zero-order valence-corrected chi connectivity index (χ0v) is 20.2. The fraction of sp³-hybridized carbons (Fsp3) is 0.435. The van der Waals surface area contributed by atoms with E-state index < -0.39 is 14.9 Å². The molecule has 2 saturated heterocycles. The number of nitrogens with one attached hydrogen (secondary N) is 1. The molecule has 2 aliphatic heterocycles. The number of likely N-dealkylation sites (tertiary alicyclic amines) is 1. The SMILES string of the molecule is Cc1ccc(NS(=O)(=O)c2ccc(N3CCN(C(=O)N4CCCC4)CC3)c([N+](=O)[O-])c2)c(C)c1. The fourth-order valence-corrected chi connectivity index (χ4v) is 5.61. The molecule has 4 rings (SSSR count). The van der Waals surface area contributed by atoms with Crippen LogP contribution in [0.1, 0.15) is 24.0 Å². The Labute approximate surface area is 199 Å². The van der Waals surface area contributed by atoms with E-state index in [1.165, 1.54) is 12.1 Å². The number of nitrogens with zero attached hydrogens (tertiary/aromatic N) is 4.